The number of rotatable bonds is 2. The number of para-hydroxylation sites is 3. The molecule has 0 saturated carbocycles. The zero-order chi connectivity index (χ0) is 19.2. The molecule has 5 nitrogen and oxygen atoms in total. The maximum atomic E-state index is 13.1. The Morgan fingerprint density at radius 3 is 2.56 bits per heavy atom. The van der Waals surface area contributed by atoms with Crippen LogP contribution in [0.3, 0.4) is 0 Å². The van der Waals surface area contributed by atoms with Crippen molar-refractivity contribution in [3.63, 3.8) is 0 Å². The molecule has 140 valence electrons. The van der Waals surface area contributed by atoms with Gasteiger partial charge in [0.1, 0.15) is 0 Å². The molecule has 0 spiro atoms. The molecule has 0 bridgehead atoms. The summed E-state index contributed by atoms with van der Waals surface area (Å²) in [7, 11) is 1.52. The number of hydrogen-bond acceptors (Lipinski definition) is 5. The van der Waals surface area contributed by atoms with Gasteiger partial charge in [0.25, 0.3) is 0 Å². The lowest BCUT2D eigenvalue weighted by Gasteiger charge is -2.34. The van der Waals surface area contributed by atoms with E-state index in [2.05, 4.69) is 24.5 Å². The van der Waals surface area contributed by atoms with Gasteiger partial charge in [-0.15, -0.1) is 0 Å². The molecule has 2 aromatic carbocycles. The highest BCUT2D eigenvalue weighted by Crippen LogP contribution is 2.47. The summed E-state index contributed by atoms with van der Waals surface area (Å²) in [6, 6.07) is 12.8. The molecule has 27 heavy (non-hydrogen) atoms. The summed E-state index contributed by atoms with van der Waals surface area (Å²) in [4.78, 5) is 13.1. The van der Waals surface area contributed by atoms with Gasteiger partial charge in [-0.3, -0.25) is 4.79 Å². The smallest absolute Gasteiger partial charge is 0.163 e. The van der Waals surface area contributed by atoms with Crippen LogP contribution in [0.5, 0.6) is 11.5 Å². The fraction of sp³-hybridized carbons (Fsp3) is 0.318. The van der Waals surface area contributed by atoms with Crippen molar-refractivity contribution in [2.24, 2.45) is 5.41 Å². The molecule has 2 aliphatic rings. The van der Waals surface area contributed by atoms with Crippen molar-refractivity contribution in [1.82, 2.24) is 0 Å². The van der Waals surface area contributed by atoms with Crippen molar-refractivity contribution in [3.05, 3.63) is 59.3 Å². The predicted molar refractivity (Wildman–Crippen MR) is 106 cm³/mol. The van der Waals surface area contributed by atoms with Crippen molar-refractivity contribution in [3.8, 4) is 11.5 Å². The summed E-state index contributed by atoms with van der Waals surface area (Å²) < 4.78 is 5.28. The van der Waals surface area contributed by atoms with Crippen LogP contribution in [-0.2, 0) is 4.79 Å². The average molecular weight is 364 g/mol. The number of fused-ring (bicyclic) bond motifs is 1. The summed E-state index contributed by atoms with van der Waals surface area (Å²) in [5, 5.41) is 17.7. The number of aromatic hydroxyl groups is 1. The molecule has 5 heteroatoms. The van der Waals surface area contributed by atoms with Crippen LogP contribution in [0.1, 0.15) is 38.3 Å². The Hall–Kier alpha value is -2.95. The van der Waals surface area contributed by atoms with E-state index in [9.17, 15) is 9.90 Å². The standard InChI is InChI=1S/C22H24N2O3/c1-22(2)11-16-19(17(25)12-22)20(13-7-6-10-18(27-3)21(13)26)24-15-9-5-4-8-14(15)23-16/h4-10,20,23-24,26H,11-12H2,1-3H3. The number of ketones is 1. The zero-order valence-electron chi connectivity index (χ0n) is 15.8. The van der Waals surface area contributed by atoms with Crippen LogP contribution in [-0.4, -0.2) is 18.0 Å². The van der Waals surface area contributed by atoms with Crippen LogP contribution in [0.15, 0.2) is 53.7 Å². The first-order chi connectivity index (χ1) is 12.9. The Labute approximate surface area is 159 Å². The number of ether oxygens (including phenoxy) is 1. The van der Waals surface area contributed by atoms with E-state index in [1.54, 1.807) is 6.07 Å². The van der Waals surface area contributed by atoms with E-state index in [1.165, 1.54) is 7.11 Å². The van der Waals surface area contributed by atoms with Gasteiger partial charge in [0.05, 0.1) is 24.5 Å². The maximum Gasteiger partial charge on any atom is 0.163 e. The molecular formula is C22H24N2O3. The van der Waals surface area contributed by atoms with Crippen LogP contribution >= 0.6 is 0 Å². The summed E-state index contributed by atoms with van der Waals surface area (Å²) in [5.41, 5.74) is 3.96. The average Bonchev–Trinajstić information content (AvgIpc) is 2.77. The van der Waals surface area contributed by atoms with Gasteiger partial charge in [-0.1, -0.05) is 38.1 Å². The maximum absolute atomic E-state index is 13.1. The van der Waals surface area contributed by atoms with Crippen LogP contribution < -0.4 is 15.4 Å². The summed E-state index contributed by atoms with van der Waals surface area (Å²) in [5.74, 6) is 0.549. The fourth-order valence-electron chi connectivity index (χ4n) is 4.06. The molecular weight excluding hydrogens is 340 g/mol. The first-order valence-corrected chi connectivity index (χ1v) is 9.14. The minimum Gasteiger partial charge on any atom is -0.504 e. The third kappa shape index (κ3) is 3.03. The lowest BCUT2D eigenvalue weighted by atomic mass is 9.73. The fourth-order valence-corrected chi connectivity index (χ4v) is 4.06. The van der Waals surface area contributed by atoms with Gasteiger partial charge in [-0.05, 0) is 30.0 Å². The molecule has 1 unspecified atom stereocenters. The quantitative estimate of drug-likeness (QED) is 0.725. The van der Waals surface area contributed by atoms with E-state index in [1.807, 2.05) is 36.4 Å². The zero-order valence-corrected chi connectivity index (χ0v) is 15.8. The van der Waals surface area contributed by atoms with Gasteiger partial charge < -0.3 is 20.5 Å². The topological polar surface area (TPSA) is 70.6 Å². The van der Waals surface area contributed by atoms with Gasteiger partial charge in [0, 0.05) is 23.3 Å². The van der Waals surface area contributed by atoms with Crippen molar-refractivity contribution < 1.29 is 14.6 Å². The number of phenols is 1. The van der Waals surface area contributed by atoms with E-state index >= 15 is 0 Å². The minimum absolute atomic E-state index is 0.0568. The Morgan fingerprint density at radius 2 is 1.81 bits per heavy atom. The third-order valence-electron chi connectivity index (χ3n) is 5.28. The van der Waals surface area contributed by atoms with Gasteiger partial charge in [-0.2, -0.15) is 0 Å². The number of Topliss-reactive ketones (excluding diaryl/α,β-unsaturated/α-hetero) is 1. The highest BCUT2D eigenvalue weighted by Gasteiger charge is 2.39. The van der Waals surface area contributed by atoms with Crippen molar-refractivity contribution in [1.29, 1.82) is 0 Å². The third-order valence-corrected chi connectivity index (χ3v) is 5.28. The molecule has 1 aliphatic heterocycles. The first-order valence-electron chi connectivity index (χ1n) is 9.14. The van der Waals surface area contributed by atoms with E-state index in [-0.39, 0.29) is 16.9 Å². The molecule has 1 aliphatic carbocycles. The van der Waals surface area contributed by atoms with Crippen molar-refractivity contribution >= 4 is 17.2 Å². The number of nitrogens with one attached hydrogen (secondary N) is 2. The number of carbonyl (C=O) groups excluding carboxylic acids is 1. The predicted octanol–water partition coefficient (Wildman–Crippen LogP) is 4.62. The lowest BCUT2D eigenvalue weighted by molar-refractivity contribution is -0.118. The second kappa shape index (κ2) is 6.34. The number of anilines is 2. The number of allylic oxidation sites excluding steroid dienone is 1. The molecule has 0 aromatic heterocycles. The molecule has 0 saturated heterocycles. The van der Waals surface area contributed by atoms with Crippen LogP contribution in [0.25, 0.3) is 0 Å². The Bertz CT molecular complexity index is 946. The second-order valence-electron chi connectivity index (χ2n) is 7.98. The van der Waals surface area contributed by atoms with E-state index in [0.29, 0.717) is 23.3 Å². The number of hydrogen-bond donors (Lipinski definition) is 3. The molecule has 4 rings (SSSR count). The van der Waals surface area contributed by atoms with E-state index in [4.69, 9.17) is 4.74 Å². The van der Waals surface area contributed by atoms with Crippen LogP contribution in [0, 0.1) is 5.41 Å². The number of phenolic OH excluding ortho intramolecular Hbond substituents is 1. The largest absolute Gasteiger partial charge is 0.504 e. The number of benzene rings is 2. The first kappa shape index (κ1) is 17.5. The SMILES string of the molecule is COc1cccc(C2Nc3ccccc3NC3=C2C(=O)CC(C)(C)C3)c1O. The number of carbonyl (C=O) groups is 1. The summed E-state index contributed by atoms with van der Waals surface area (Å²) >= 11 is 0. The molecule has 1 atom stereocenters. The highest BCUT2D eigenvalue weighted by atomic mass is 16.5. The number of methoxy groups -OCH3 is 1. The van der Waals surface area contributed by atoms with Crippen LogP contribution in [0.2, 0.25) is 0 Å². The molecule has 2 aromatic rings. The summed E-state index contributed by atoms with van der Waals surface area (Å²) in [6.07, 6.45) is 1.25. The monoisotopic (exact) mass is 364 g/mol. The van der Waals surface area contributed by atoms with Gasteiger partial charge in [0.2, 0.25) is 0 Å². The van der Waals surface area contributed by atoms with E-state index < -0.39 is 6.04 Å². The Morgan fingerprint density at radius 1 is 1.07 bits per heavy atom. The summed E-state index contributed by atoms with van der Waals surface area (Å²) in [6.45, 7) is 4.22. The minimum atomic E-state index is -0.449. The molecule has 1 heterocycles. The van der Waals surface area contributed by atoms with Crippen molar-refractivity contribution in [2.75, 3.05) is 17.7 Å². The lowest BCUT2D eigenvalue weighted by Crippen LogP contribution is -2.31. The van der Waals surface area contributed by atoms with Gasteiger partial charge in [0.15, 0.2) is 17.3 Å². The van der Waals surface area contributed by atoms with E-state index in [0.717, 1.165) is 23.5 Å². The second-order valence-corrected chi connectivity index (χ2v) is 7.98. The molecule has 3 N–H and O–H groups in total. The molecule has 0 amide bonds. The van der Waals surface area contributed by atoms with Gasteiger partial charge >= 0.3 is 0 Å². The normalized spacial score (nSPS) is 20.7. The van der Waals surface area contributed by atoms with Gasteiger partial charge in [-0.25, -0.2) is 0 Å². The molecule has 0 radical (unpaired) electrons. The molecule has 0 fully saturated rings. The van der Waals surface area contributed by atoms with Crippen molar-refractivity contribution in [2.45, 2.75) is 32.7 Å². The Kier molecular flexibility index (Phi) is 4.10. The highest BCUT2D eigenvalue weighted by molar-refractivity contribution is 6.01. The Balaban J connectivity index is 1.92. The van der Waals surface area contributed by atoms with Crippen LogP contribution in [0.4, 0.5) is 11.4 Å².